The lowest BCUT2D eigenvalue weighted by atomic mass is 10.1. The molecule has 0 radical (unpaired) electrons. The van der Waals surface area contributed by atoms with Gasteiger partial charge in [0, 0.05) is 19.5 Å². The number of rotatable bonds is 12. The predicted octanol–water partition coefficient (Wildman–Crippen LogP) is 1.88. The summed E-state index contributed by atoms with van der Waals surface area (Å²) in [5.74, 6) is 1.10. The molecular formula is C21H28N2O6S. The monoisotopic (exact) mass is 436 g/mol. The van der Waals surface area contributed by atoms with Crippen LogP contribution < -0.4 is 24.2 Å². The van der Waals surface area contributed by atoms with Crippen molar-refractivity contribution in [1.29, 1.82) is 0 Å². The number of carbonyl (C=O) groups is 1. The fraction of sp³-hybridized carbons (Fsp3) is 0.381. The lowest BCUT2D eigenvalue weighted by Gasteiger charge is -2.14. The second-order valence-electron chi connectivity index (χ2n) is 6.51. The van der Waals surface area contributed by atoms with Crippen LogP contribution in [0.15, 0.2) is 42.5 Å². The molecule has 0 fully saturated rings. The molecule has 0 heterocycles. The van der Waals surface area contributed by atoms with Crippen molar-refractivity contribution in [3.63, 3.8) is 0 Å². The molecule has 2 aromatic carbocycles. The van der Waals surface area contributed by atoms with Gasteiger partial charge in [-0.25, -0.2) is 13.1 Å². The third-order valence-electron chi connectivity index (χ3n) is 4.40. The zero-order valence-electron chi connectivity index (χ0n) is 17.4. The van der Waals surface area contributed by atoms with Gasteiger partial charge in [0.25, 0.3) is 0 Å². The molecule has 0 saturated carbocycles. The van der Waals surface area contributed by atoms with Gasteiger partial charge in [0.05, 0.1) is 27.1 Å². The second-order valence-corrected chi connectivity index (χ2v) is 8.44. The highest BCUT2D eigenvalue weighted by atomic mass is 32.2. The van der Waals surface area contributed by atoms with E-state index < -0.39 is 10.0 Å². The Labute approximate surface area is 177 Å². The smallest absolute Gasteiger partial charge is 0.220 e. The van der Waals surface area contributed by atoms with Crippen LogP contribution in [0.3, 0.4) is 0 Å². The van der Waals surface area contributed by atoms with Gasteiger partial charge in [-0.05, 0) is 29.7 Å². The summed E-state index contributed by atoms with van der Waals surface area (Å²) >= 11 is 0. The SMILES string of the molecule is COc1cc(CCC(=O)NCCS(=O)(=O)NCc2ccccc2)cc(OC)c1OC. The van der Waals surface area contributed by atoms with Crippen LogP contribution in [-0.2, 0) is 27.8 Å². The molecule has 0 atom stereocenters. The van der Waals surface area contributed by atoms with Gasteiger partial charge in [0.2, 0.25) is 21.7 Å². The van der Waals surface area contributed by atoms with E-state index in [1.54, 1.807) is 12.1 Å². The quantitative estimate of drug-likeness (QED) is 0.527. The number of nitrogens with one attached hydrogen (secondary N) is 2. The summed E-state index contributed by atoms with van der Waals surface area (Å²) in [6.45, 7) is 0.260. The first-order chi connectivity index (χ1) is 14.4. The average molecular weight is 437 g/mol. The van der Waals surface area contributed by atoms with Crippen molar-refractivity contribution in [1.82, 2.24) is 10.0 Å². The number of sulfonamides is 1. The van der Waals surface area contributed by atoms with Crippen LogP contribution in [0.25, 0.3) is 0 Å². The fourth-order valence-corrected chi connectivity index (χ4v) is 3.71. The highest BCUT2D eigenvalue weighted by molar-refractivity contribution is 7.89. The van der Waals surface area contributed by atoms with Gasteiger partial charge in [-0.2, -0.15) is 0 Å². The Kier molecular flexibility index (Phi) is 8.94. The van der Waals surface area contributed by atoms with E-state index in [-0.39, 0.29) is 31.2 Å². The number of amides is 1. The molecule has 0 aliphatic heterocycles. The summed E-state index contributed by atoms with van der Waals surface area (Å²) in [7, 11) is 1.10. The molecule has 30 heavy (non-hydrogen) atoms. The number of carbonyl (C=O) groups excluding carboxylic acids is 1. The van der Waals surface area contributed by atoms with E-state index in [1.165, 1.54) is 21.3 Å². The van der Waals surface area contributed by atoms with E-state index in [0.717, 1.165) is 11.1 Å². The summed E-state index contributed by atoms with van der Waals surface area (Å²) in [6.07, 6.45) is 0.650. The summed E-state index contributed by atoms with van der Waals surface area (Å²) < 4.78 is 42.5. The fourth-order valence-electron chi connectivity index (χ4n) is 2.81. The van der Waals surface area contributed by atoms with Crippen molar-refractivity contribution in [2.45, 2.75) is 19.4 Å². The van der Waals surface area contributed by atoms with Crippen LogP contribution in [0.2, 0.25) is 0 Å². The molecule has 2 aromatic rings. The van der Waals surface area contributed by atoms with Crippen LogP contribution >= 0.6 is 0 Å². The van der Waals surface area contributed by atoms with Crippen LogP contribution in [0, 0.1) is 0 Å². The number of benzene rings is 2. The Bertz CT molecular complexity index is 907. The van der Waals surface area contributed by atoms with Gasteiger partial charge in [-0.3, -0.25) is 4.79 Å². The van der Waals surface area contributed by atoms with Gasteiger partial charge in [-0.15, -0.1) is 0 Å². The first-order valence-electron chi connectivity index (χ1n) is 9.45. The first kappa shape index (κ1) is 23.5. The third kappa shape index (κ3) is 7.23. The van der Waals surface area contributed by atoms with E-state index in [2.05, 4.69) is 10.0 Å². The molecule has 0 aromatic heterocycles. The maximum absolute atomic E-state index is 12.1. The summed E-state index contributed by atoms with van der Waals surface area (Å²) in [5.41, 5.74) is 1.72. The van der Waals surface area contributed by atoms with Crippen molar-refractivity contribution >= 4 is 15.9 Å². The molecule has 0 unspecified atom stereocenters. The maximum Gasteiger partial charge on any atom is 0.220 e. The minimum absolute atomic E-state index is 0.0399. The molecule has 0 bridgehead atoms. The molecule has 9 heteroatoms. The van der Waals surface area contributed by atoms with Gasteiger partial charge in [-0.1, -0.05) is 30.3 Å². The van der Waals surface area contributed by atoms with Crippen molar-refractivity contribution in [2.75, 3.05) is 33.6 Å². The first-order valence-corrected chi connectivity index (χ1v) is 11.1. The summed E-state index contributed by atoms with van der Waals surface area (Å²) in [5, 5.41) is 2.64. The molecule has 1 amide bonds. The van der Waals surface area contributed by atoms with Crippen LogP contribution in [0.5, 0.6) is 17.2 Å². The summed E-state index contributed by atoms with van der Waals surface area (Å²) in [4.78, 5) is 12.1. The molecule has 164 valence electrons. The van der Waals surface area contributed by atoms with Gasteiger partial charge < -0.3 is 19.5 Å². The van der Waals surface area contributed by atoms with Gasteiger partial charge >= 0.3 is 0 Å². The number of aryl methyl sites for hydroxylation is 1. The minimum Gasteiger partial charge on any atom is -0.493 e. The normalized spacial score (nSPS) is 11.0. The molecule has 0 spiro atoms. The molecule has 0 aliphatic rings. The van der Waals surface area contributed by atoms with Crippen molar-refractivity contribution in [3.8, 4) is 17.2 Å². The molecule has 0 aliphatic carbocycles. The van der Waals surface area contributed by atoms with Gasteiger partial charge in [0.1, 0.15) is 0 Å². The van der Waals surface area contributed by atoms with Gasteiger partial charge in [0.15, 0.2) is 11.5 Å². The predicted molar refractivity (Wildman–Crippen MR) is 114 cm³/mol. The van der Waals surface area contributed by atoms with E-state index in [0.29, 0.717) is 23.7 Å². The van der Waals surface area contributed by atoms with Crippen LogP contribution in [0.1, 0.15) is 17.5 Å². The zero-order chi connectivity index (χ0) is 22.0. The van der Waals surface area contributed by atoms with E-state index >= 15 is 0 Å². The minimum atomic E-state index is -3.48. The van der Waals surface area contributed by atoms with E-state index in [4.69, 9.17) is 14.2 Å². The zero-order valence-corrected chi connectivity index (χ0v) is 18.3. The lowest BCUT2D eigenvalue weighted by Crippen LogP contribution is -2.34. The molecule has 2 rings (SSSR count). The highest BCUT2D eigenvalue weighted by Crippen LogP contribution is 2.38. The second kappa shape index (κ2) is 11.4. The number of ether oxygens (including phenoxy) is 3. The number of hydrogen-bond donors (Lipinski definition) is 2. The molecular weight excluding hydrogens is 408 g/mol. The topological polar surface area (TPSA) is 103 Å². The number of hydrogen-bond acceptors (Lipinski definition) is 6. The Hall–Kier alpha value is -2.78. The maximum atomic E-state index is 12.1. The Morgan fingerprint density at radius 3 is 2.13 bits per heavy atom. The van der Waals surface area contributed by atoms with E-state index in [1.807, 2.05) is 30.3 Å². The van der Waals surface area contributed by atoms with Crippen molar-refractivity contribution < 1.29 is 27.4 Å². The third-order valence-corrected chi connectivity index (χ3v) is 5.72. The van der Waals surface area contributed by atoms with Crippen molar-refractivity contribution in [2.24, 2.45) is 0 Å². The Morgan fingerprint density at radius 1 is 0.933 bits per heavy atom. The lowest BCUT2D eigenvalue weighted by molar-refractivity contribution is -0.120. The Balaban J connectivity index is 1.79. The van der Waals surface area contributed by atoms with Crippen LogP contribution in [0.4, 0.5) is 0 Å². The van der Waals surface area contributed by atoms with E-state index in [9.17, 15) is 13.2 Å². The largest absolute Gasteiger partial charge is 0.493 e. The summed E-state index contributed by atoms with van der Waals surface area (Å²) in [6, 6.07) is 12.8. The molecule has 2 N–H and O–H groups in total. The van der Waals surface area contributed by atoms with Crippen LogP contribution in [-0.4, -0.2) is 48.0 Å². The molecule has 8 nitrogen and oxygen atoms in total. The van der Waals surface area contributed by atoms with Crippen molar-refractivity contribution in [3.05, 3.63) is 53.6 Å². The molecule has 0 saturated heterocycles. The highest BCUT2D eigenvalue weighted by Gasteiger charge is 2.14. The average Bonchev–Trinajstić information content (AvgIpc) is 2.76. The Morgan fingerprint density at radius 2 is 1.57 bits per heavy atom. The number of methoxy groups -OCH3 is 3. The standard InChI is InChI=1S/C21H28N2O6S/c1-27-18-13-17(14-19(28-2)21(18)29-3)9-10-20(24)22-11-12-30(25,26)23-15-16-7-5-4-6-8-16/h4-8,13-14,23H,9-12,15H2,1-3H3,(H,22,24).